The Morgan fingerprint density at radius 2 is 1.82 bits per heavy atom. The summed E-state index contributed by atoms with van der Waals surface area (Å²) in [6, 6.07) is 12.3. The van der Waals surface area contributed by atoms with Gasteiger partial charge in [0.15, 0.2) is 0 Å². The fraction of sp³-hybridized carbons (Fsp3) is 0.235. The number of azo groups is 1. The molecule has 5 heteroatoms. The van der Waals surface area contributed by atoms with E-state index in [4.69, 9.17) is 0 Å². The molecule has 2 aromatic carbocycles. The number of hydrogen-bond acceptors (Lipinski definition) is 5. The molecule has 1 heterocycles. The van der Waals surface area contributed by atoms with Crippen LogP contribution in [0, 0.1) is 13.8 Å². The smallest absolute Gasteiger partial charge is 0.231 e. The zero-order chi connectivity index (χ0) is 15.7. The van der Waals surface area contributed by atoms with Crippen LogP contribution in [0.25, 0.3) is 10.2 Å². The van der Waals surface area contributed by atoms with E-state index in [2.05, 4.69) is 45.2 Å². The molecule has 0 N–H and O–H groups in total. The van der Waals surface area contributed by atoms with E-state index >= 15 is 0 Å². The van der Waals surface area contributed by atoms with Crippen molar-refractivity contribution in [3.63, 3.8) is 0 Å². The van der Waals surface area contributed by atoms with Crippen LogP contribution in [-0.4, -0.2) is 19.1 Å². The van der Waals surface area contributed by atoms with Crippen molar-refractivity contribution in [1.29, 1.82) is 0 Å². The van der Waals surface area contributed by atoms with Crippen LogP contribution in [0.3, 0.4) is 0 Å². The number of fused-ring (bicyclic) bond motifs is 1. The molecule has 1 aromatic heterocycles. The summed E-state index contributed by atoms with van der Waals surface area (Å²) in [5.41, 5.74) is 5.32. The van der Waals surface area contributed by atoms with Gasteiger partial charge in [0.2, 0.25) is 5.13 Å². The van der Waals surface area contributed by atoms with Gasteiger partial charge in [-0.1, -0.05) is 23.5 Å². The number of aryl methyl sites for hydroxylation is 2. The third-order valence-electron chi connectivity index (χ3n) is 3.55. The van der Waals surface area contributed by atoms with Crippen LogP contribution >= 0.6 is 11.3 Å². The molecule has 0 unspecified atom stereocenters. The average molecular weight is 310 g/mol. The van der Waals surface area contributed by atoms with E-state index in [9.17, 15) is 0 Å². The number of para-hydroxylation sites is 1. The lowest BCUT2D eigenvalue weighted by Crippen LogP contribution is -2.08. The van der Waals surface area contributed by atoms with E-state index in [1.165, 1.54) is 5.56 Å². The van der Waals surface area contributed by atoms with Crippen molar-refractivity contribution >= 4 is 38.1 Å². The summed E-state index contributed by atoms with van der Waals surface area (Å²) >= 11 is 1.56. The zero-order valence-corrected chi connectivity index (χ0v) is 14.0. The summed E-state index contributed by atoms with van der Waals surface area (Å²) in [7, 11) is 4.05. The SMILES string of the molecule is Cc1cc(N(C)C)ccc1N=Nc1nc2c(C)cccc2s1. The minimum Gasteiger partial charge on any atom is -0.378 e. The minimum absolute atomic E-state index is 0.695. The van der Waals surface area contributed by atoms with Crippen molar-refractivity contribution < 1.29 is 0 Å². The Balaban J connectivity index is 1.91. The molecular weight excluding hydrogens is 292 g/mol. The van der Waals surface area contributed by atoms with Crippen LogP contribution in [0.4, 0.5) is 16.5 Å². The number of aromatic nitrogens is 1. The van der Waals surface area contributed by atoms with Gasteiger partial charge in [-0.05, 0) is 49.2 Å². The van der Waals surface area contributed by atoms with Crippen molar-refractivity contribution in [3.8, 4) is 0 Å². The number of thiazole rings is 1. The van der Waals surface area contributed by atoms with Gasteiger partial charge in [-0.2, -0.15) is 0 Å². The standard InChI is InChI=1S/C17H18N4S/c1-11-6-5-7-15-16(11)18-17(22-15)20-19-14-9-8-13(21(3)4)10-12(14)2/h5-10H,1-4H3. The maximum atomic E-state index is 4.55. The molecule has 3 aromatic rings. The van der Waals surface area contributed by atoms with Crippen LogP contribution in [0.5, 0.6) is 0 Å². The van der Waals surface area contributed by atoms with Gasteiger partial charge in [0.1, 0.15) is 0 Å². The molecule has 0 saturated carbocycles. The Bertz CT molecular complexity index is 849. The second-order valence-corrected chi connectivity index (χ2v) is 6.49. The molecule has 0 aliphatic carbocycles. The van der Waals surface area contributed by atoms with Crippen LogP contribution in [-0.2, 0) is 0 Å². The summed E-state index contributed by atoms with van der Waals surface area (Å²) in [4.78, 5) is 6.63. The molecule has 22 heavy (non-hydrogen) atoms. The number of nitrogens with zero attached hydrogens (tertiary/aromatic N) is 4. The van der Waals surface area contributed by atoms with Crippen molar-refractivity contribution in [2.45, 2.75) is 13.8 Å². The van der Waals surface area contributed by atoms with Gasteiger partial charge in [-0.15, -0.1) is 10.2 Å². The van der Waals surface area contributed by atoms with E-state index in [-0.39, 0.29) is 0 Å². The normalized spacial score (nSPS) is 11.5. The minimum atomic E-state index is 0.695. The first-order valence-electron chi connectivity index (χ1n) is 7.10. The van der Waals surface area contributed by atoms with Gasteiger partial charge in [0, 0.05) is 19.8 Å². The van der Waals surface area contributed by atoms with E-state index < -0.39 is 0 Å². The van der Waals surface area contributed by atoms with Gasteiger partial charge in [0.05, 0.1) is 15.9 Å². The van der Waals surface area contributed by atoms with Gasteiger partial charge in [-0.3, -0.25) is 0 Å². The van der Waals surface area contributed by atoms with Crippen molar-refractivity contribution in [1.82, 2.24) is 4.98 Å². The Morgan fingerprint density at radius 3 is 2.50 bits per heavy atom. The summed E-state index contributed by atoms with van der Waals surface area (Å²) in [6.07, 6.45) is 0. The van der Waals surface area contributed by atoms with Crippen LogP contribution in [0.2, 0.25) is 0 Å². The topological polar surface area (TPSA) is 40.9 Å². The molecule has 0 spiro atoms. The predicted molar refractivity (Wildman–Crippen MR) is 94.0 cm³/mol. The largest absolute Gasteiger partial charge is 0.378 e. The highest BCUT2D eigenvalue weighted by Gasteiger charge is 2.05. The van der Waals surface area contributed by atoms with Gasteiger partial charge < -0.3 is 4.90 Å². The lowest BCUT2D eigenvalue weighted by Gasteiger charge is -2.13. The Labute approximate surface area is 134 Å². The van der Waals surface area contributed by atoms with Crippen LogP contribution in [0.1, 0.15) is 11.1 Å². The lowest BCUT2D eigenvalue weighted by molar-refractivity contribution is 1.12. The monoisotopic (exact) mass is 310 g/mol. The number of hydrogen-bond donors (Lipinski definition) is 0. The van der Waals surface area contributed by atoms with E-state index in [0.717, 1.165) is 27.2 Å². The molecule has 0 atom stereocenters. The van der Waals surface area contributed by atoms with E-state index in [0.29, 0.717) is 5.13 Å². The summed E-state index contributed by atoms with van der Waals surface area (Å²) in [5, 5.41) is 9.36. The predicted octanol–water partition coefficient (Wildman–Crippen LogP) is 5.39. The van der Waals surface area contributed by atoms with Gasteiger partial charge in [-0.25, -0.2) is 4.98 Å². The van der Waals surface area contributed by atoms with Gasteiger partial charge in [0.25, 0.3) is 0 Å². The third kappa shape index (κ3) is 2.85. The summed E-state index contributed by atoms with van der Waals surface area (Å²) in [5.74, 6) is 0. The highest BCUT2D eigenvalue weighted by Crippen LogP contribution is 2.32. The molecule has 0 fully saturated rings. The van der Waals surface area contributed by atoms with Crippen LogP contribution in [0.15, 0.2) is 46.6 Å². The fourth-order valence-corrected chi connectivity index (χ4v) is 3.11. The first-order valence-corrected chi connectivity index (χ1v) is 7.92. The molecule has 0 aliphatic rings. The summed E-state index contributed by atoms with van der Waals surface area (Å²) < 4.78 is 1.15. The molecule has 0 radical (unpaired) electrons. The van der Waals surface area contributed by atoms with E-state index in [1.807, 2.05) is 39.2 Å². The average Bonchev–Trinajstić information content (AvgIpc) is 2.90. The Hall–Kier alpha value is -2.27. The molecule has 4 nitrogen and oxygen atoms in total. The molecular formula is C17H18N4S. The molecule has 112 valence electrons. The first kappa shape index (κ1) is 14.7. The van der Waals surface area contributed by atoms with E-state index in [1.54, 1.807) is 11.3 Å². The summed E-state index contributed by atoms with van der Waals surface area (Å²) in [6.45, 7) is 4.11. The molecule has 3 rings (SSSR count). The molecule has 0 aliphatic heterocycles. The van der Waals surface area contributed by atoms with Gasteiger partial charge >= 0.3 is 0 Å². The highest BCUT2D eigenvalue weighted by molar-refractivity contribution is 7.21. The Kier molecular flexibility index (Phi) is 3.90. The second kappa shape index (κ2) is 5.85. The van der Waals surface area contributed by atoms with Crippen LogP contribution < -0.4 is 4.90 Å². The second-order valence-electron chi connectivity index (χ2n) is 5.48. The maximum absolute atomic E-state index is 4.55. The number of benzene rings is 2. The third-order valence-corrected chi connectivity index (χ3v) is 4.45. The van der Waals surface area contributed by atoms with Crippen molar-refractivity contribution in [3.05, 3.63) is 47.5 Å². The van der Waals surface area contributed by atoms with Crippen molar-refractivity contribution in [2.75, 3.05) is 19.0 Å². The highest BCUT2D eigenvalue weighted by atomic mass is 32.1. The zero-order valence-electron chi connectivity index (χ0n) is 13.2. The maximum Gasteiger partial charge on any atom is 0.231 e. The fourth-order valence-electron chi connectivity index (χ4n) is 2.24. The lowest BCUT2D eigenvalue weighted by atomic mass is 10.2. The molecule has 0 saturated heterocycles. The van der Waals surface area contributed by atoms with Crippen molar-refractivity contribution in [2.24, 2.45) is 10.2 Å². The first-order chi connectivity index (χ1) is 10.5. The molecule has 0 bridgehead atoms. The number of anilines is 1. The quantitative estimate of drug-likeness (QED) is 0.608. The molecule has 0 amide bonds. The Morgan fingerprint density at radius 1 is 1.00 bits per heavy atom. The number of rotatable bonds is 3.